The highest BCUT2D eigenvalue weighted by Crippen LogP contribution is 2.24. The maximum absolute atomic E-state index is 13.7. The van der Waals surface area contributed by atoms with Gasteiger partial charge in [-0.25, -0.2) is 18.3 Å². The number of carbonyl (C=O) groups is 1. The number of likely N-dealkylation sites (tertiary alicyclic amines) is 1. The van der Waals surface area contributed by atoms with Crippen molar-refractivity contribution in [2.24, 2.45) is 13.0 Å². The number of amides is 2. The Morgan fingerprint density at radius 2 is 2.04 bits per heavy atom. The number of rotatable bonds is 5. The summed E-state index contributed by atoms with van der Waals surface area (Å²) in [5.41, 5.74) is 0.542. The maximum Gasteiger partial charge on any atom is 0.323 e. The van der Waals surface area contributed by atoms with Crippen molar-refractivity contribution in [2.75, 3.05) is 25.5 Å². The van der Waals surface area contributed by atoms with E-state index in [1.807, 2.05) is 0 Å². The molecule has 2 amide bonds. The molecule has 0 aliphatic carbocycles. The summed E-state index contributed by atoms with van der Waals surface area (Å²) >= 11 is 0. The van der Waals surface area contributed by atoms with E-state index in [2.05, 4.69) is 10.4 Å². The third kappa shape index (κ3) is 4.75. The molecule has 1 aromatic heterocycles. The van der Waals surface area contributed by atoms with Crippen LogP contribution in [-0.4, -0.2) is 40.9 Å². The van der Waals surface area contributed by atoms with Crippen molar-refractivity contribution in [3.8, 4) is 5.88 Å². The number of aromatic nitrogens is 2. The Morgan fingerprint density at radius 3 is 2.67 bits per heavy atom. The molecule has 1 N–H and O–H groups in total. The van der Waals surface area contributed by atoms with Crippen LogP contribution in [0.15, 0.2) is 24.3 Å². The lowest BCUT2D eigenvalue weighted by atomic mass is 9.90. The number of nitrogens with zero attached hydrogens (tertiary/aromatic N) is 3. The van der Waals surface area contributed by atoms with E-state index in [4.69, 9.17) is 4.74 Å². The number of nitrogens with one attached hydrogen (secondary N) is 1. The number of hydrogen-bond donors (Lipinski definition) is 1. The van der Waals surface area contributed by atoms with E-state index in [1.54, 1.807) is 29.8 Å². The molecule has 2 heterocycles. The molecular formula is C19H24F2N4O2. The monoisotopic (exact) mass is 378 g/mol. The zero-order chi connectivity index (χ0) is 19.4. The summed E-state index contributed by atoms with van der Waals surface area (Å²) < 4.78 is 33.4. The highest BCUT2D eigenvalue weighted by Gasteiger charge is 2.23. The van der Waals surface area contributed by atoms with Gasteiger partial charge in [0.1, 0.15) is 11.6 Å². The molecule has 1 aliphatic heterocycles. The first-order valence-corrected chi connectivity index (χ1v) is 9.04. The number of urea groups is 1. The fourth-order valence-electron chi connectivity index (χ4n) is 3.40. The van der Waals surface area contributed by atoms with Crippen molar-refractivity contribution in [3.05, 3.63) is 41.5 Å². The first kappa shape index (κ1) is 19.1. The number of hydrogen-bond acceptors (Lipinski definition) is 3. The molecule has 0 bridgehead atoms. The van der Waals surface area contributed by atoms with Gasteiger partial charge >= 0.3 is 6.03 Å². The molecule has 0 atom stereocenters. The number of piperidine rings is 1. The highest BCUT2D eigenvalue weighted by atomic mass is 19.1. The summed E-state index contributed by atoms with van der Waals surface area (Å²) in [5, 5.41) is 6.96. The van der Waals surface area contributed by atoms with Crippen LogP contribution < -0.4 is 10.1 Å². The van der Waals surface area contributed by atoms with Crippen LogP contribution in [0.2, 0.25) is 0 Å². The zero-order valence-electron chi connectivity index (χ0n) is 15.5. The van der Waals surface area contributed by atoms with Crippen molar-refractivity contribution in [3.63, 3.8) is 0 Å². The van der Waals surface area contributed by atoms with Gasteiger partial charge in [-0.05, 0) is 43.2 Å². The molecule has 1 aromatic carbocycles. The van der Waals surface area contributed by atoms with Crippen molar-refractivity contribution in [2.45, 2.75) is 25.7 Å². The topological polar surface area (TPSA) is 59.4 Å². The molecule has 1 saturated heterocycles. The molecule has 27 heavy (non-hydrogen) atoms. The Morgan fingerprint density at radius 1 is 1.30 bits per heavy atom. The molecule has 0 unspecified atom stereocenters. The van der Waals surface area contributed by atoms with E-state index >= 15 is 0 Å². The van der Waals surface area contributed by atoms with Gasteiger partial charge in [-0.1, -0.05) is 6.07 Å². The number of halogens is 2. The number of ether oxygens (including phenoxy) is 1. The Balaban J connectivity index is 1.45. The van der Waals surface area contributed by atoms with Crippen LogP contribution in [0.4, 0.5) is 19.4 Å². The lowest BCUT2D eigenvalue weighted by Crippen LogP contribution is -2.41. The number of carbonyl (C=O) groups excluding carboxylic acids is 1. The SMILES string of the molecule is COc1cc(NC(=O)N2CCC(CCc3ccc(F)cc3F)CC2)nn1C. The quantitative estimate of drug-likeness (QED) is 0.865. The van der Waals surface area contributed by atoms with Gasteiger partial charge in [0.15, 0.2) is 5.82 Å². The number of aryl methyl sites for hydroxylation is 2. The highest BCUT2D eigenvalue weighted by molar-refractivity contribution is 5.88. The molecule has 6 nitrogen and oxygen atoms in total. The van der Waals surface area contributed by atoms with Crippen LogP contribution in [0.25, 0.3) is 0 Å². The summed E-state index contributed by atoms with van der Waals surface area (Å²) in [5.74, 6) is 0.400. The Kier molecular flexibility index (Phi) is 5.93. The fraction of sp³-hybridized carbons (Fsp3) is 0.474. The Bertz CT molecular complexity index is 801. The molecular weight excluding hydrogens is 354 g/mol. The van der Waals surface area contributed by atoms with Crippen LogP contribution in [0.3, 0.4) is 0 Å². The molecule has 0 spiro atoms. The van der Waals surface area contributed by atoms with Gasteiger partial charge in [-0.15, -0.1) is 0 Å². The number of benzene rings is 1. The van der Waals surface area contributed by atoms with Crippen LogP contribution in [0, 0.1) is 17.6 Å². The minimum atomic E-state index is -0.555. The molecule has 3 rings (SSSR count). The normalized spacial score (nSPS) is 15.0. The van der Waals surface area contributed by atoms with E-state index in [0.29, 0.717) is 42.7 Å². The van der Waals surface area contributed by atoms with Gasteiger partial charge < -0.3 is 9.64 Å². The van der Waals surface area contributed by atoms with Gasteiger partial charge in [0, 0.05) is 32.3 Å². The molecule has 1 fully saturated rings. The Hall–Kier alpha value is -2.64. The van der Waals surface area contributed by atoms with E-state index in [1.165, 1.54) is 12.1 Å². The molecule has 1 aliphatic rings. The van der Waals surface area contributed by atoms with Gasteiger partial charge in [0.2, 0.25) is 5.88 Å². The molecule has 0 saturated carbocycles. The van der Waals surface area contributed by atoms with Crippen LogP contribution in [0.5, 0.6) is 5.88 Å². The van der Waals surface area contributed by atoms with Crippen molar-refractivity contribution in [1.29, 1.82) is 0 Å². The standard InChI is InChI=1S/C19H24F2N4O2/c1-24-18(27-2)12-17(23-24)22-19(26)25-9-7-13(8-10-25)3-4-14-5-6-15(20)11-16(14)21/h5-6,11-13H,3-4,7-10H2,1-2H3,(H,22,23,26). The van der Waals surface area contributed by atoms with E-state index in [9.17, 15) is 13.6 Å². The first-order chi connectivity index (χ1) is 13.0. The zero-order valence-corrected chi connectivity index (χ0v) is 15.5. The van der Waals surface area contributed by atoms with Gasteiger partial charge in [0.05, 0.1) is 7.11 Å². The molecule has 146 valence electrons. The number of anilines is 1. The van der Waals surface area contributed by atoms with Gasteiger partial charge in [-0.2, -0.15) is 5.10 Å². The summed E-state index contributed by atoms with van der Waals surface area (Å²) in [6.45, 7) is 1.29. The third-order valence-corrected chi connectivity index (χ3v) is 5.02. The first-order valence-electron chi connectivity index (χ1n) is 9.04. The maximum atomic E-state index is 13.7. The lowest BCUT2D eigenvalue weighted by Gasteiger charge is -2.31. The van der Waals surface area contributed by atoms with Gasteiger partial charge in [0.25, 0.3) is 0 Å². The Labute approximate surface area is 157 Å². The largest absolute Gasteiger partial charge is 0.481 e. The predicted octanol–water partition coefficient (Wildman–Crippen LogP) is 3.58. The van der Waals surface area contributed by atoms with Crippen LogP contribution >= 0.6 is 0 Å². The summed E-state index contributed by atoms with van der Waals surface area (Å²) in [6.07, 6.45) is 3.13. The minimum Gasteiger partial charge on any atom is -0.481 e. The van der Waals surface area contributed by atoms with Gasteiger partial charge in [-0.3, -0.25) is 5.32 Å². The summed E-state index contributed by atoms with van der Waals surface area (Å²) in [7, 11) is 3.29. The van der Waals surface area contributed by atoms with Crippen LogP contribution in [0.1, 0.15) is 24.8 Å². The van der Waals surface area contributed by atoms with Crippen LogP contribution in [-0.2, 0) is 13.5 Å². The van der Waals surface area contributed by atoms with Crippen molar-refractivity contribution >= 4 is 11.8 Å². The van der Waals surface area contributed by atoms with Crippen molar-refractivity contribution < 1.29 is 18.3 Å². The molecule has 8 heteroatoms. The van der Waals surface area contributed by atoms with E-state index < -0.39 is 11.6 Å². The van der Waals surface area contributed by atoms with Crippen molar-refractivity contribution in [1.82, 2.24) is 14.7 Å². The minimum absolute atomic E-state index is 0.182. The lowest BCUT2D eigenvalue weighted by molar-refractivity contribution is 0.180. The fourth-order valence-corrected chi connectivity index (χ4v) is 3.40. The number of methoxy groups -OCH3 is 1. The molecule has 2 aromatic rings. The second-order valence-corrected chi connectivity index (χ2v) is 6.83. The predicted molar refractivity (Wildman–Crippen MR) is 97.8 cm³/mol. The molecule has 0 radical (unpaired) electrons. The second kappa shape index (κ2) is 8.37. The summed E-state index contributed by atoms with van der Waals surface area (Å²) in [6, 6.07) is 5.21. The van der Waals surface area contributed by atoms with E-state index in [-0.39, 0.29) is 6.03 Å². The third-order valence-electron chi connectivity index (χ3n) is 5.02. The average molecular weight is 378 g/mol. The van der Waals surface area contributed by atoms with E-state index in [0.717, 1.165) is 25.3 Å². The summed E-state index contributed by atoms with van der Waals surface area (Å²) in [4.78, 5) is 14.1. The average Bonchev–Trinajstić information content (AvgIpc) is 3.00. The smallest absolute Gasteiger partial charge is 0.323 e. The second-order valence-electron chi connectivity index (χ2n) is 6.83.